The zero-order chi connectivity index (χ0) is 19.0. The summed E-state index contributed by atoms with van der Waals surface area (Å²) < 4.78 is 14.7. The van der Waals surface area contributed by atoms with Crippen LogP contribution < -0.4 is 5.56 Å². The molecule has 0 unspecified atom stereocenters. The molecule has 0 spiro atoms. The van der Waals surface area contributed by atoms with Gasteiger partial charge in [-0.1, -0.05) is 6.07 Å². The Bertz CT molecular complexity index is 1170. The Balaban J connectivity index is 1.89. The van der Waals surface area contributed by atoms with E-state index in [1.165, 1.54) is 23.5 Å². The summed E-state index contributed by atoms with van der Waals surface area (Å²) in [7, 11) is 3.87. The van der Waals surface area contributed by atoms with Crippen LogP contribution >= 0.6 is 11.3 Å². The van der Waals surface area contributed by atoms with E-state index in [1.54, 1.807) is 18.3 Å². The van der Waals surface area contributed by atoms with Crippen LogP contribution in [0.15, 0.2) is 52.8 Å². The van der Waals surface area contributed by atoms with Gasteiger partial charge in [0, 0.05) is 23.7 Å². The van der Waals surface area contributed by atoms with Crippen molar-refractivity contribution in [3.05, 3.63) is 69.7 Å². The van der Waals surface area contributed by atoms with Crippen LogP contribution in [0.2, 0.25) is 0 Å². The monoisotopic (exact) mass is 380 g/mol. The molecule has 4 aromatic rings. The average Bonchev–Trinajstić information content (AvgIpc) is 3.06. The van der Waals surface area contributed by atoms with Crippen molar-refractivity contribution in [1.29, 1.82) is 0 Å². The number of halogens is 1. The number of nitrogens with one attached hydrogen (secondary N) is 1. The first kappa shape index (κ1) is 17.5. The predicted octanol–water partition coefficient (Wildman–Crippen LogP) is 3.91. The van der Waals surface area contributed by atoms with E-state index in [2.05, 4.69) is 15.0 Å². The molecule has 0 saturated carbocycles. The van der Waals surface area contributed by atoms with Crippen molar-refractivity contribution in [3.8, 4) is 22.6 Å². The Morgan fingerprint density at radius 3 is 2.81 bits per heavy atom. The van der Waals surface area contributed by atoms with Gasteiger partial charge in [0.1, 0.15) is 16.2 Å². The second-order valence-corrected chi connectivity index (χ2v) is 7.42. The lowest BCUT2D eigenvalue weighted by Crippen LogP contribution is -2.11. The van der Waals surface area contributed by atoms with Crippen molar-refractivity contribution in [2.45, 2.75) is 6.54 Å². The minimum atomic E-state index is -0.307. The third-order valence-electron chi connectivity index (χ3n) is 4.10. The summed E-state index contributed by atoms with van der Waals surface area (Å²) in [5.74, 6) is 0.0937. The third-order valence-corrected chi connectivity index (χ3v) is 5.07. The van der Waals surface area contributed by atoms with Crippen LogP contribution in [0.1, 0.15) is 5.56 Å². The predicted molar refractivity (Wildman–Crippen MR) is 106 cm³/mol. The van der Waals surface area contributed by atoms with Gasteiger partial charge < -0.3 is 9.88 Å². The Morgan fingerprint density at radius 1 is 1.22 bits per heavy atom. The quantitative estimate of drug-likeness (QED) is 0.583. The summed E-state index contributed by atoms with van der Waals surface area (Å²) in [6, 6.07) is 10.4. The van der Waals surface area contributed by atoms with Gasteiger partial charge in [0.25, 0.3) is 5.56 Å². The summed E-state index contributed by atoms with van der Waals surface area (Å²) >= 11 is 1.31. The lowest BCUT2D eigenvalue weighted by Gasteiger charge is -2.11. The van der Waals surface area contributed by atoms with Gasteiger partial charge in [-0.2, -0.15) is 0 Å². The molecule has 27 heavy (non-hydrogen) atoms. The van der Waals surface area contributed by atoms with Crippen molar-refractivity contribution in [1.82, 2.24) is 19.9 Å². The molecule has 1 aromatic carbocycles. The number of rotatable bonds is 4. The third kappa shape index (κ3) is 3.51. The van der Waals surface area contributed by atoms with Gasteiger partial charge in [0.05, 0.1) is 5.52 Å². The van der Waals surface area contributed by atoms with Crippen LogP contribution in [0.3, 0.4) is 0 Å². The van der Waals surface area contributed by atoms with Gasteiger partial charge in [-0.3, -0.25) is 9.78 Å². The molecule has 3 aromatic heterocycles. The zero-order valence-corrected chi connectivity index (χ0v) is 15.7. The molecular formula is C20H17FN4OS. The molecule has 4 rings (SSSR count). The van der Waals surface area contributed by atoms with Crippen LogP contribution in [0.4, 0.5) is 4.39 Å². The number of fused-ring (bicyclic) bond motifs is 1. The maximum atomic E-state index is 14.2. The molecule has 0 radical (unpaired) electrons. The minimum Gasteiger partial charge on any atom is -0.305 e. The Kier molecular flexibility index (Phi) is 4.55. The summed E-state index contributed by atoms with van der Waals surface area (Å²) in [6.45, 7) is 0.625. The van der Waals surface area contributed by atoms with E-state index in [9.17, 15) is 9.18 Å². The van der Waals surface area contributed by atoms with Crippen molar-refractivity contribution < 1.29 is 4.39 Å². The Morgan fingerprint density at radius 2 is 2.07 bits per heavy atom. The Hall–Kier alpha value is -2.90. The van der Waals surface area contributed by atoms with E-state index >= 15 is 0 Å². The van der Waals surface area contributed by atoms with E-state index in [4.69, 9.17) is 0 Å². The molecule has 136 valence electrons. The highest BCUT2D eigenvalue weighted by Crippen LogP contribution is 2.32. The summed E-state index contributed by atoms with van der Waals surface area (Å²) in [5, 5.41) is 1.85. The van der Waals surface area contributed by atoms with E-state index in [0.717, 1.165) is 11.1 Å². The van der Waals surface area contributed by atoms with E-state index in [-0.39, 0.29) is 11.4 Å². The highest BCUT2D eigenvalue weighted by Gasteiger charge is 2.15. The summed E-state index contributed by atoms with van der Waals surface area (Å²) in [4.78, 5) is 26.1. The molecule has 0 aliphatic carbocycles. The van der Waals surface area contributed by atoms with Gasteiger partial charge in [-0.15, -0.1) is 11.3 Å². The van der Waals surface area contributed by atoms with E-state index in [0.29, 0.717) is 33.8 Å². The summed E-state index contributed by atoms with van der Waals surface area (Å²) in [6.07, 6.45) is 1.65. The molecule has 5 nitrogen and oxygen atoms in total. The number of nitrogens with zero attached hydrogens (tertiary/aromatic N) is 3. The number of aromatic amines is 1. The molecule has 0 fully saturated rings. The van der Waals surface area contributed by atoms with Crippen LogP contribution in [0.5, 0.6) is 0 Å². The first-order valence-corrected chi connectivity index (χ1v) is 9.27. The van der Waals surface area contributed by atoms with Gasteiger partial charge in [0.15, 0.2) is 5.82 Å². The molecule has 0 aliphatic rings. The molecule has 0 saturated heterocycles. The standard InChI is InChI=1S/C20H17FN4OS/c1-25(2)10-12-7-13(9-14(21)8-12)15-11-27-18-17(15)23-19(24-20(18)26)16-5-3-4-6-22-16/h3-9,11H,10H2,1-2H3,(H,23,24,26). The topological polar surface area (TPSA) is 61.9 Å². The number of benzene rings is 1. The SMILES string of the molecule is CN(C)Cc1cc(F)cc(-c2csc3c(=O)[nH]c(-c4ccccn4)nc23)c1. The van der Waals surface area contributed by atoms with Crippen molar-refractivity contribution in [2.24, 2.45) is 0 Å². The maximum absolute atomic E-state index is 14.2. The maximum Gasteiger partial charge on any atom is 0.269 e. The zero-order valence-electron chi connectivity index (χ0n) is 14.9. The van der Waals surface area contributed by atoms with Gasteiger partial charge >= 0.3 is 0 Å². The number of H-pyrrole nitrogens is 1. The van der Waals surface area contributed by atoms with Crippen LogP contribution in [-0.2, 0) is 6.54 Å². The first-order chi connectivity index (χ1) is 13.0. The van der Waals surface area contributed by atoms with Crippen molar-refractivity contribution in [3.63, 3.8) is 0 Å². The first-order valence-electron chi connectivity index (χ1n) is 8.39. The summed E-state index contributed by atoms with van der Waals surface area (Å²) in [5.41, 5.74) is 3.25. The normalized spacial score (nSPS) is 11.4. The Labute approximate surface area is 159 Å². The van der Waals surface area contributed by atoms with E-state index in [1.807, 2.05) is 36.5 Å². The number of pyridine rings is 1. The molecular weight excluding hydrogens is 363 g/mol. The molecule has 0 amide bonds. The largest absolute Gasteiger partial charge is 0.305 e. The molecule has 0 bridgehead atoms. The van der Waals surface area contributed by atoms with Gasteiger partial charge in [-0.05, 0) is 55.6 Å². The highest BCUT2D eigenvalue weighted by atomic mass is 32.1. The van der Waals surface area contributed by atoms with E-state index < -0.39 is 0 Å². The number of thiophene rings is 1. The smallest absolute Gasteiger partial charge is 0.269 e. The highest BCUT2D eigenvalue weighted by molar-refractivity contribution is 7.17. The molecule has 3 heterocycles. The molecule has 0 aliphatic heterocycles. The molecule has 7 heteroatoms. The molecule has 0 atom stereocenters. The fourth-order valence-electron chi connectivity index (χ4n) is 3.02. The lowest BCUT2D eigenvalue weighted by atomic mass is 10.0. The molecule has 1 N–H and O–H groups in total. The number of aromatic nitrogens is 3. The van der Waals surface area contributed by atoms with Crippen LogP contribution in [-0.4, -0.2) is 33.9 Å². The fourth-order valence-corrected chi connectivity index (χ4v) is 3.93. The second kappa shape index (κ2) is 7.02. The van der Waals surface area contributed by atoms with Crippen molar-refractivity contribution >= 4 is 21.6 Å². The van der Waals surface area contributed by atoms with Gasteiger partial charge in [-0.25, -0.2) is 9.37 Å². The van der Waals surface area contributed by atoms with Gasteiger partial charge in [0.2, 0.25) is 0 Å². The minimum absolute atomic E-state index is 0.221. The second-order valence-electron chi connectivity index (χ2n) is 6.54. The fraction of sp³-hybridized carbons (Fsp3) is 0.150. The number of hydrogen-bond donors (Lipinski definition) is 1. The van der Waals surface area contributed by atoms with Crippen molar-refractivity contribution in [2.75, 3.05) is 14.1 Å². The number of hydrogen-bond acceptors (Lipinski definition) is 5. The van der Waals surface area contributed by atoms with Crippen LogP contribution in [0.25, 0.3) is 32.9 Å². The van der Waals surface area contributed by atoms with Crippen LogP contribution in [0, 0.1) is 5.82 Å². The lowest BCUT2D eigenvalue weighted by molar-refractivity contribution is 0.401. The average molecular weight is 380 g/mol.